The van der Waals surface area contributed by atoms with Crippen molar-refractivity contribution in [1.82, 2.24) is 4.90 Å². The molecule has 17 heavy (non-hydrogen) atoms. The van der Waals surface area contributed by atoms with Crippen molar-refractivity contribution in [3.05, 3.63) is 29.3 Å². The lowest BCUT2D eigenvalue weighted by Gasteiger charge is -2.16. The molecule has 1 aromatic rings. The zero-order chi connectivity index (χ0) is 12.4. The van der Waals surface area contributed by atoms with Crippen LogP contribution in [0, 0.1) is 0 Å². The van der Waals surface area contributed by atoms with Crippen molar-refractivity contribution in [3.63, 3.8) is 0 Å². The number of carbonyl (C=O) groups excluding carboxylic acids is 2. The summed E-state index contributed by atoms with van der Waals surface area (Å²) < 4.78 is 0. The summed E-state index contributed by atoms with van der Waals surface area (Å²) in [6.07, 6.45) is 0.437. The van der Waals surface area contributed by atoms with Crippen molar-refractivity contribution < 1.29 is 9.59 Å². The van der Waals surface area contributed by atoms with Crippen LogP contribution in [0.3, 0.4) is 0 Å². The number of hydrogen-bond donors (Lipinski definition) is 1. The minimum atomic E-state index is -0.269. The molecule has 1 N–H and O–H groups in total. The molecule has 1 aliphatic rings. The van der Waals surface area contributed by atoms with Gasteiger partial charge in [0.1, 0.15) is 0 Å². The average molecular weight is 269 g/mol. The maximum absolute atomic E-state index is 11.4. The Morgan fingerprint density at radius 1 is 1.29 bits per heavy atom. The molecule has 1 aliphatic heterocycles. The third-order valence-corrected chi connectivity index (χ3v) is 2.85. The molecule has 2 rings (SSSR count). The molecule has 1 heterocycles. The minimum absolute atomic E-state index is 0.0970. The predicted octanol–water partition coefficient (Wildman–Crippen LogP) is 2.19. The first-order chi connectivity index (χ1) is 8.08. The average Bonchev–Trinajstić information content (AvgIpc) is 2.58. The molecular weight excluding hydrogens is 260 g/mol. The largest absolute Gasteiger partial charge is 0.332 e. The quantitative estimate of drug-likeness (QED) is 0.627. The number of amides is 2. The predicted molar refractivity (Wildman–Crippen MR) is 68.8 cm³/mol. The number of halogens is 1. The van der Waals surface area contributed by atoms with Gasteiger partial charge in [-0.1, -0.05) is 17.7 Å². The van der Waals surface area contributed by atoms with Gasteiger partial charge in [-0.15, -0.1) is 0 Å². The summed E-state index contributed by atoms with van der Waals surface area (Å²) >= 11 is 10.8. The molecule has 0 radical (unpaired) electrons. The van der Waals surface area contributed by atoms with Crippen LogP contribution in [0.15, 0.2) is 24.3 Å². The van der Waals surface area contributed by atoms with E-state index in [1.165, 1.54) is 0 Å². The SMILES string of the molecule is O=C1CCC(=O)N1C(=S)Nc1cccc(Cl)c1. The van der Waals surface area contributed by atoms with Crippen molar-refractivity contribution >= 4 is 46.4 Å². The van der Waals surface area contributed by atoms with Crippen LogP contribution >= 0.6 is 23.8 Å². The Kier molecular flexibility index (Phi) is 3.40. The van der Waals surface area contributed by atoms with Crippen molar-refractivity contribution in [1.29, 1.82) is 0 Å². The van der Waals surface area contributed by atoms with E-state index in [-0.39, 0.29) is 29.8 Å². The van der Waals surface area contributed by atoms with E-state index in [0.29, 0.717) is 10.7 Å². The summed E-state index contributed by atoms with van der Waals surface area (Å²) in [6.45, 7) is 0. The highest BCUT2D eigenvalue weighted by molar-refractivity contribution is 7.80. The smallest absolute Gasteiger partial charge is 0.236 e. The molecular formula is C11H9ClN2O2S. The van der Waals surface area contributed by atoms with Crippen LogP contribution in [0.5, 0.6) is 0 Å². The Balaban J connectivity index is 2.12. The lowest BCUT2D eigenvalue weighted by atomic mass is 10.3. The molecule has 4 nitrogen and oxygen atoms in total. The first-order valence-electron chi connectivity index (χ1n) is 5.00. The van der Waals surface area contributed by atoms with Crippen molar-refractivity contribution in [2.45, 2.75) is 12.8 Å². The molecule has 1 aromatic carbocycles. The van der Waals surface area contributed by atoms with Crippen molar-refractivity contribution in [2.75, 3.05) is 5.32 Å². The van der Waals surface area contributed by atoms with Crippen LogP contribution in [0.1, 0.15) is 12.8 Å². The van der Waals surface area contributed by atoms with Gasteiger partial charge < -0.3 is 5.32 Å². The lowest BCUT2D eigenvalue weighted by molar-refractivity contribution is -0.133. The summed E-state index contributed by atoms with van der Waals surface area (Å²) in [5.41, 5.74) is 0.648. The molecule has 0 unspecified atom stereocenters. The molecule has 2 amide bonds. The summed E-state index contributed by atoms with van der Waals surface area (Å²) in [5.74, 6) is -0.538. The van der Waals surface area contributed by atoms with Crippen LogP contribution in [-0.4, -0.2) is 21.8 Å². The zero-order valence-electron chi connectivity index (χ0n) is 8.77. The van der Waals surface area contributed by atoms with Gasteiger partial charge in [0, 0.05) is 23.6 Å². The van der Waals surface area contributed by atoms with Gasteiger partial charge in [0.15, 0.2) is 5.11 Å². The van der Waals surface area contributed by atoms with Gasteiger partial charge in [0.2, 0.25) is 11.8 Å². The maximum Gasteiger partial charge on any atom is 0.236 e. The molecule has 0 bridgehead atoms. The zero-order valence-corrected chi connectivity index (χ0v) is 10.3. The molecule has 0 atom stereocenters. The van der Waals surface area contributed by atoms with Gasteiger partial charge in [-0.25, -0.2) is 4.90 Å². The molecule has 0 saturated carbocycles. The van der Waals surface area contributed by atoms with Crippen molar-refractivity contribution in [3.8, 4) is 0 Å². The Hall–Kier alpha value is -1.46. The molecule has 0 aliphatic carbocycles. The van der Waals surface area contributed by atoms with Gasteiger partial charge in [-0.3, -0.25) is 9.59 Å². The number of nitrogens with zero attached hydrogens (tertiary/aromatic N) is 1. The number of carbonyl (C=O) groups is 2. The number of likely N-dealkylation sites (tertiary alicyclic amines) is 1. The fourth-order valence-corrected chi connectivity index (χ4v) is 2.06. The van der Waals surface area contributed by atoms with Gasteiger partial charge in [0.05, 0.1) is 0 Å². The monoisotopic (exact) mass is 268 g/mol. The third kappa shape index (κ3) is 2.62. The first-order valence-corrected chi connectivity index (χ1v) is 5.79. The highest BCUT2D eigenvalue weighted by Crippen LogP contribution is 2.18. The molecule has 6 heteroatoms. The number of hydrogen-bond acceptors (Lipinski definition) is 3. The van der Waals surface area contributed by atoms with Gasteiger partial charge in [-0.05, 0) is 30.4 Å². The maximum atomic E-state index is 11.4. The van der Waals surface area contributed by atoms with E-state index in [2.05, 4.69) is 5.32 Å². The van der Waals surface area contributed by atoms with E-state index >= 15 is 0 Å². The molecule has 1 fully saturated rings. The van der Waals surface area contributed by atoms with E-state index < -0.39 is 0 Å². The van der Waals surface area contributed by atoms with E-state index in [4.69, 9.17) is 23.8 Å². The molecule has 0 spiro atoms. The Morgan fingerprint density at radius 2 is 1.94 bits per heavy atom. The standard InChI is InChI=1S/C11H9ClN2O2S/c12-7-2-1-3-8(6-7)13-11(17)14-9(15)4-5-10(14)16/h1-3,6H,4-5H2,(H,13,17). The highest BCUT2D eigenvalue weighted by atomic mass is 35.5. The van der Waals surface area contributed by atoms with Crippen LogP contribution in [0.4, 0.5) is 5.69 Å². The normalized spacial score (nSPS) is 15.2. The second-order valence-electron chi connectivity index (χ2n) is 3.56. The second kappa shape index (κ2) is 4.81. The first kappa shape index (κ1) is 12.0. The molecule has 0 aromatic heterocycles. The van der Waals surface area contributed by atoms with E-state index in [1.54, 1.807) is 24.3 Å². The van der Waals surface area contributed by atoms with Crippen LogP contribution in [-0.2, 0) is 9.59 Å². The van der Waals surface area contributed by atoms with E-state index in [9.17, 15) is 9.59 Å². The number of benzene rings is 1. The Labute approximate surface area is 109 Å². The van der Waals surface area contributed by atoms with E-state index in [1.807, 2.05) is 0 Å². The topological polar surface area (TPSA) is 49.4 Å². The number of anilines is 1. The summed E-state index contributed by atoms with van der Waals surface area (Å²) in [6, 6.07) is 6.89. The number of imide groups is 1. The Morgan fingerprint density at radius 3 is 2.53 bits per heavy atom. The van der Waals surface area contributed by atoms with Crippen LogP contribution in [0.25, 0.3) is 0 Å². The highest BCUT2D eigenvalue weighted by Gasteiger charge is 2.32. The summed E-state index contributed by atoms with van der Waals surface area (Å²) in [7, 11) is 0. The van der Waals surface area contributed by atoms with E-state index in [0.717, 1.165) is 4.90 Å². The summed E-state index contributed by atoms with van der Waals surface area (Å²) in [4.78, 5) is 23.9. The van der Waals surface area contributed by atoms with Gasteiger partial charge in [-0.2, -0.15) is 0 Å². The number of thiocarbonyl (C=S) groups is 1. The molecule has 88 valence electrons. The fraction of sp³-hybridized carbons (Fsp3) is 0.182. The number of rotatable bonds is 1. The summed E-state index contributed by atoms with van der Waals surface area (Å²) in [5, 5.41) is 3.47. The fourth-order valence-electron chi connectivity index (χ4n) is 1.55. The van der Waals surface area contributed by atoms with Crippen LogP contribution < -0.4 is 5.32 Å². The number of nitrogens with one attached hydrogen (secondary N) is 1. The van der Waals surface area contributed by atoms with Gasteiger partial charge >= 0.3 is 0 Å². The second-order valence-corrected chi connectivity index (χ2v) is 4.39. The van der Waals surface area contributed by atoms with Gasteiger partial charge in [0.25, 0.3) is 0 Å². The lowest BCUT2D eigenvalue weighted by Crippen LogP contribution is -2.38. The third-order valence-electron chi connectivity index (χ3n) is 2.33. The van der Waals surface area contributed by atoms with Crippen molar-refractivity contribution in [2.24, 2.45) is 0 Å². The Bertz CT molecular complexity index is 488. The minimum Gasteiger partial charge on any atom is -0.332 e. The van der Waals surface area contributed by atoms with Crippen LogP contribution in [0.2, 0.25) is 5.02 Å². The molecule has 1 saturated heterocycles.